The zero-order valence-electron chi connectivity index (χ0n) is 10.7. The SMILES string of the molecule is CCc1cnc(CNC(=O)C2(C#N)CC(C)C2)o1. The summed E-state index contributed by atoms with van der Waals surface area (Å²) in [5.74, 6) is 1.52. The maximum Gasteiger partial charge on any atom is 0.240 e. The monoisotopic (exact) mass is 247 g/mol. The molecule has 1 aliphatic carbocycles. The minimum atomic E-state index is -0.834. The summed E-state index contributed by atoms with van der Waals surface area (Å²) in [5.41, 5.74) is -0.834. The van der Waals surface area contributed by atoms with Gasteiger partial charge in [-0.2, -0.15) is 5.26 Å². The fourth-order valence-electron chi connectivity index (χ4n) is 2.38. The van der Waals surface area contributed by atoms with E-state index in [0.717, 1.165) is 12.2 Å². The fourth-order valence-corrected chi connectivity index (χ4v) is 2.38. The molecule has 0 aromatic carbocycles. The summed E-state index contributed by atoms with van der Waals surface area (Å²) in [4.78, 5) is 16.0. The third-order valence-electron chi connectivity index (χ3n) is 3.39. The van der Waals surface area contributed by atoms with E-state index in [1.54, 1.807) is 6.20 Å². The first-order valence-corrected chi connectivity index (χ1v) is 6.23. The summed E-state index contributed by atoms with van der Waals surface area (Å²) >= 11 is 0. The number of hydrogen-bond donors (Lipinski definition) is 1. The molecule has 0 unspecified atom stereocenters. The Hall–Kier alpha value is -1.83. The normalized spacial score (nSPS) is 26.2. The number of nitrogens with one attached hydrogen (secondary N) is 1. The number of rotatable bonds is 4. The Bertz CT molecular complexity index is 481. The van der Waals surface area contributed by atoms with E-state index in [0.29, 0.717) is 24.7 Å². The number of amides is 1. The van der Waals surface area contributed by atoms with Crippen LogP contribution in [0.4, 0.5) is 0 Å². The van der Waals surface area contributed by atoms with Crippen LogP contribution in [0, 0.1) is 22.7 Å². The zero-order valence-corrected chi connectivity index (χ0v) is 10.7. The molecular weight excluding hydrogens is 230 g/mol. The van der Waals surface area contributed by atoms with Gasteiger partial charge in [-0.15, -0.1) is 0 Å². The first kappa shape index (κ1) is 12.6. The Balaban J connectivity index is 1.90. The molecule has 1 aromatic rings. The van der Waals surface area contributed by atoms with Gasteiger partial charge in [-0.1, -0.05) is 13.8 Å². The van der Waals surface area contributed by atoms with Gasteiger partial charge in [-0.25, -0.2) is 4.98 Å². The van der Waals surface area contributed by atoms with Gasteiger partial charge in [0.05, 0.1) is 18.8 Å². The topological polar surface area (TPSA) is 78.9 Å². The number of carbonyl (C=O) groups excluding carboxylic acids is 1. The van der Waals surface area contributed by atoms with Gasteiger partial charge in [0.25, 0.3) is 0 Å². The van der Waals surface area contributed by atoms with Crippen molar-refractivity contribution in [1.82, 2.24) is 10.3 Å². The number of nitrogens with zero attached hydrogens (tertiary/aromatic N) is 2. The third-order valence-corrected chi connectivity index (χ3v) is 3.39. The Morgan fingerprint density at radius 2 is 2.44 bits per heavy atom. The summed E-state index contributed by atoms with van der Waals surface area (Å²) in [6, 6.07) is 2.13. The summed E-state index contributed by atoms with van der Waals surface area (Å²) in [6.07, 6.45) is 3.72. The van der Waals surface area contributed by atoms with Gasteiger partial charge >= 0.3 is 0 Å². The highest BCUT2D eigenvalue weighted by Gasteiger charge is 2.48. The second-order valence-electron chi connectivity index (χ2n) is 4.96. The van der Waals surface area contributed by atoms with Gasteiger partial charge in [0, 0.05) is 6.42 Å². The lowest BCUT2D eigenvalue weighted by atomic mass is 9.63. The summed E-state index contributed by atoms with van der Waals surface area (Å²) in [5, 5.41) is 11.8. The van der Waals surface area contributed by atoms with Crippen molar-refractivity contribution >= 4 is 5.91 Å². The van der Waals surface area contributed by atoms with Crippen molar-refractivity contribution in [3.8, 4) is 6.07 Å². The lowest BCUT2D eigenvalue weighted by molar-refractivity contribution is -0.134. The number of aryl methyl sites for hydroxylation is 1. The van der Waals surface area contributed by atoms with E-state index in [1.807, 2.05) is 13.8 Å². The molecule has 0 saturated heterocycles. The Morgan fingerprint density at radius 1 is 1.72 bits per heavy atom. The smallest absolute Gasteiger partial charge is 0.240 e. The molecule has 0 atom stereocenters. The first-order chi connectivity index (χ1) is 8.59. The van der Waals surface area contributed by atoms with Crippen molar-refractivity contribution in [2.24, 2.45) is 11.3 Å². The molecule has 96 valence electrons. The van der Waals surface area contributed by atoms with Crippen LogP contribution in [-0.2, 0) is 17.8 Å². The molecule has 1 N–H and O–H groups in total. The van der Waals surface area contributed by atoms with Gasteiger partial charge in [0.15, 0.2) is 0 Å². The van der Waals surface area contributed by atoms with E-state index in [1.165, 1.54) is 0 Å². The molecule has 1 saturated carbocycles. The van der Waals surface area contributed by atoms with Gasteiger partial charge in [-0.05, 0) is 18.8 Å². The van der Waals surface area contributed by atoms with Crippen LogP contribution >= 0.6 is 0 Å². The second-order valence-corrected chi connectivity index (χ2v) is 4.96. The van der Waals surface area contributed by atoms with Crippen LogP contribution < -0.4 is 5.32 Å². The second kappa shape index (κ2) is 4.81. The number of hydrogen-bond acceptors (Lipinski definition) is 4. The van der Waals surface area contributed by atoms with E-state index in [2.05, 4.69) is 16.4 Å². The van der Waals surface area contributed by atoms with Crippen molar-refractivity contribution in [3.63, 3.8) is 0 Å². The largest absolute Gasteiger partial charge is 0.444 e. The molecule has 5 nitrogen and oxygen atoms in total. The average Bonchev–Trinajstić information content (AvgIpc) is 2.79. The molecule has 18 heavy (non-hydrogen) atoms. The van der Waals surface area contributed by atoms with Crippen LogP contribution in [0.2, 0.25) is 0 Å². The highest BCUT2D eigenvalue weighted by Crippen LogP contribution is 2.45. The lowest BCUT2D eigenvalue weighted by Gasteiger charge is -2.39. The van der Waals surface area contributed by atoms with Crippen molar-refractivity contribution in [2.75, 3.05) is 0 Å². The van der Waals surface area contributed by atoms with Crippen LogP contribution in [0.3, 0.4) is 0 Å². The minimum Gasteiger partial charge on any atom is -0.444 e. The maximum absolute atomic E-state index is 12.0. The zero-order chi connectivity index (χ0) is 13.2. The van der Waals surface area contributed by atoms with Gasteiger partial charge in [-0.3, -0.25) is 4.79 Å². The van der Waals surface area contributed by atoms with Crippen molar-refractivity contribution in [2.45, 2.75) is 39.7 Å². The molecule has 1 aliphatic rings. The van der Waals surface area contributed by atoms with E-state index < -0.39 is 5.41 Å². The van der Waals surface area contributed by atoms with E-state index in [4.69, 9.17) is 9.68 Å². The molecule has 1 fully saturated rings. The van der Waals surface area contributed by atoms with Gasteiger partial charge in [0.1, 0.15) is 11.2 Å². The van der Waals surface area contributed by atoms with Crippen molar-refractivity contribution in [1.29, 1.82) is 5.26 Å². The standard InChI is InChI=1S/C13H17N3O2/c1-3-10-6-15-11(18-10)7-16-12(17)13(8-14)4-9(2)5-13/h6,9H,3-5,7H2,1-2H3,(H,16,17). The minimum absolute atomic E-state index is 0.209. The molecule has 0 radical (unpaired) electrons. The number of oxazole rings is 1. The van der Waals surface area contributed by atoms with Crippen LogP contribution in [0.1, 0.15) is 38.3 Å². The van der Waals surface area contributed by atoms with Crippen molar-refractivity contribution < 1.29 is 9.21 Å². The molecule has 0 aliphatic heterocycles. The molecule has 5 heteroatoms. The highest BCUT2D eigenvalue weighted by molar-refractivity contribution is 5.86. The maximum atomic E-state index is 12.0. The molecule has 0 spiro atoms. The van der Waals surface area contributed by atoms with Gasteiger partial charge < -0.3 is 9.73 Å². The molecule has 2 rings (SSSR count). The highest BCUT2D eigenvalue weighted by atomic mass is 16.4. The number of nitriles is 1. The predicted molar refractivity (Wildman–Crippen MR) is 64.2 cm³/mol. The first-order valence-electron chi connectivity index (χ1n) is 6.23. The van der Waals surface area contributed by atoms with E-state index in [9.17, 15) is 4.79 Å². The number of aromatic nitrogens is 1. The predicted octanol–water partition coefficient (Wildman–Crippen LogP) is 1.79. The van der Waals surface area contributed by atoms with Crippen LogP contribution in [0.15, 0.2) is 10.6 Å². The third kappa shape index (κ3) is 2.23. The van der Waals surface area contributed by atoms with E-state index in [-0.39, 0.29) is 12.5 Å². The summed E-state index contributed by atoms with van der Waals surface area (Å²) in [7, 11) is 0. The quantitative estimate of drug-likeness (QED) is 0.879. The van der Waals surface area contributed by atoms with Crippen LogP contribution in [0.5, 0.6) is 0 Å². The van der Waals surface area contributed by atoms with Crippen LogP contribution in [0.25, 0.3) is 0 Å². The molecule has 1 aromatic heterocycles. The Kier molecular flexibility index (Phi) is 3.37. The van der Waals surface area contributed by atoms with Gasteiger partial charge in [0.2, 0.25) is 11.8 Å². The molecular formula is C13H17N3O2. The van der Waals surface area contributed by atoms with E-state index >= 15 is 0 Å². The summed E-state index contributed by atoms with van der Waals surface area (Å²) in [6.45, 7) is 4.27. The average molecular weight is 247 g/mol. The van der Waals surface area contributed by atoms with Crippen molar-refractivity contribution in [3.05, 3.63) is 17.8 Å². The molecule has 1 heterocycles. The van der Waals surface area contributed by atoms with Crippen LogP contribution in [-0.4, -0.2) is 10.9 Å². The summed E-state index contributed by atoms with van der Waals surface area (Å²) < 4.78 is 5.39. The molecule has 1 amide bonds. The Labute approximate surface area is 106 Å². The molecule has 0 bridgehead atoms. The number of carbonyl (C=O) groups is 1. The fraction of sp³-hybridized carbons (Fsp3) is 0.615. The lowest BCUT2D eigenvalue weighted by Crippen LogP contribution is -2.47. The Morgan fingerprint density at radius 3 is 2.94 bits per heavy atom.